The number of aliphatic hydroxyl groups excluding tert-OH is 1. The molecule has 0 spiro atoms. The van der Waals surface area contributed by atoms with Crippen molar-refractivity contribution in [2.45, 2.75) is 118 Å². The molecule has 0 saturated carbocycles. The van der Waals surface area contributed by atoms with Crippen LogP contribution in [0.15, 0.2) is 60.7 Å². The number of hydrogen-bond donors (Lipinski definition) is 7. The minimum Gasteiger partial charge on any atom is -0.481 e. The van der Waals surface area contributed by atoms with Crippen molar-refractivity contribution >= 4 is 53.2 Å². The zero-order valence-electron chi connectivity index (χ0n) is 44.4. The Balaban J connectivity index is 0. The minimum absolute atomic E-state index is 0.00597. The number of esters is 1. The van der Waals surface area contributed by atoms with E-state index in [0.29, 0.717) is 19.5 Å². The lowest BCUT2D eigenvalue weighted by atomic mass is 9.90. The first-order chi connectivity index (χ1) is 34.1. The lowest BCUT2D eigenvalue weighted by Gasteiger charge is -2.24. The van der Waals surface area contributed by atoms with Crippen LogP contribution in [-0.2, 0) is 61.0 Å². The first kappa shape index (κ1) is 68.7. The van der Waals surface area contributed by atoms with Crippen LogP contribution in [-0.4, -0.2) is 145 Å². The average Bonchev–Trinajstić information content (AvgIpc) is 3.35. The number of carboxylic acid groups (broad SMARTS) is 2. The van der Waals surface area contributed by atoms with Crippen LogP contribution < -0.4 is 21.7 Å². The van der Waals surface area contributed by atoms with Crippen molar-refractivity contribution in [3.8, 4) is 0 Å². The predicted molar refractivity (Wildman–Crippen MR) is 271 cm³/mol. The van der Waals surface area contributed by atoms with Gasteiger partial charge in [-0.05, 0) is 41.7 Å². The summed E-state index contributed by atoms with van der Waals surface area (Å²) in [4.78, 5) is 107. The summed E-state index contributed by atoms with van der Waals surface area (Å²) in [6.07, 6.45) is -0.777. The Morgan fingerprint density at radius 2 is 1.04 bits per heavy atom. The lowest BCUT2D eigenvalue weighted by Crippen LogP contribution is -2.46. The van der Waals surface area contributed by atoms with E-state index >= 15 is 0 Å². The maximum atomic E-state index is 12.9. The monoisotopic (exact) mass is 1040 g/mol. The molecule has 412 valence electrons. The van der Waals surface area contributed by atoms with Crippen LogP contribution in [0.3, 0.4) is 0 Å². The smallest absolute Gasteiger partial charge is 0.309 e. The average molecular weight is 1040 g/mol. The number of nitrogens with two attached hydrogens (primary N) is 1. The fourth-order valence-electron chi connectivity index (χ4n) is 6.30. The summed E-state index contributed by atoms with van der Waals surface area (Å²) < 4.78 is 29.3. The number of amides is 5. The van der Waals surface area contributed by atoms with Gasteiger partial charge in [-0.25, -0.2) is 8.78 Å². The summed E-state index contributed by atoms with van der Waals surface area (Å²) in [6.45, 7) is 9.50. The Kier molecular flexibility index (Phi) is 36.1. The van der Waals surface area contributed by atoms with Gasteiger partial charge in [-0.15, -0.1) is 0 Å². The summed E-state index contributed by atoms with van der Waals surface area (Å²) in [6, 6.07) is 17.2. The van der Waals surface area contributed by atoms with Gasteiger partial charge in [0.1, 0.15) is 13.3 Å². The second-order valence-corrected chi connectivity index (χ2v) is 18.6. The van der Waals surface area contributed by atoms with Gasteiger partial charge in [0.05, 0.1) is 37.5 Å². The summed E-state index contributed by atoms with van der Waals surface area (Å²) in [5.41, 5.74) is 7.36. The SMILES string of the molecule is CC(C)[C@H](CC(=O)NCc1ccccc1)C(=O)NC(CCC(=O)N(C)C)C(=O)CF.CC(C)[C@H](CC(=O)NCc1ccccc1)C(=O)O.CN(C)C(=O)CCC(N)C(O)CF.COC(=O)[C@@H](CC(=O)O)C(C)C. The lowest BCUT2D eigenvalue weighted by molar-refractivity contribution is -0.152. The molecule has 2 rings (SSSR count). The predicted octanol–water partition coefficient (Wildman–Crippen LogP) is 4.33. The molecule has 0 fully saturated rings. The molecule has 0 aliphatic carbocycles. The van der Waals surface area contributed by atoms with Gasteiger partial charge in [0.25, 0.3) is 0 Å². The molecular weight excluding hydrogens is 955 g/mol. The van der Waals surface area contributed by atoms with Crippen molar-refractivity contribution < 1.29 is 72.0 Å². The van der Waals surface area contributed by atoms with E-state index in [-0.39, 0.29) is 79.9 Å². The highest BCUT2D eigenvalue weighted by Crippen LogP contribution is 2.19. The number of ketones is 1. The van der Waals surface area contributed by atoms with E-state index in [9.17, 15) is 51.9 Å². The van der Waals surface area contributed by atoms with E-state index in [4.69, 9.17) is 21.1 Å². The molecule has 2 aromatic carbocycles. The molecule has 3 unspecified atom stereocenters. The number of hydrogen-bond acceptors (Lipinski definition) is 12. The Bertz CT molecular complexity index is 1970. The molecule has 0 aromatic heterocycles. The fourth-order valence-corrected chi connectivity index (χ4v) is 6.30. The van der Waals surface area contributed by atoms with Gasteiger partial charge in [0, 0.05) is 78.9 Å². The molecule has 0 aliphatic rings. The number of nitrogens with one attached hydrogen (secondary N) is 3. The number of nitrogens with zero attached hydrogens (tertiary/aromatic N) is 2. The van der Waals surface area contributed by atoms with Crippen LogP contribution in [0.4, 0.5) is 8.78 Å². The first-order valence-corrected chi connectivity index (χ1v) is 24.1. The zero-order valence-corrected chi connectivity index (χ0v) is 44.4. The number of alkyl halides is 2. The van der Waals surface area contributed by atoms with Crippen molar-refractivity contribution in [3.05, 3.63) is 71.8 Å². The van der Waals surface area contributed by atoms with Crippen LogP contribution in [0.1, 0.15) is 97.6 Å². The molecule has 0 bridgehead atoms. The molecule has 73 heavy (non-hydrogen) atoms. The van der Waals surface area contributed by atoms with Crippen molar-refractivity contribution in [2.24, 2.45) is 41.2 Å². The maximum absolute atomic E-state index is 12.9. The number of carboxylic acids is 2. The van der Waals surface area contributed by atoms with Gasteiger partial charge < -0.3 is 51.5 Å². The highest BCUT2D eigenvalue weighted by molar-refractivity contribution is 5.92. The number of carbonyl (C=O) groups is 9. The van der Waals surface area contributed by atoms with E-state index in [0.717, 1.165) is 11.1 Å². The number of aliphatic hydroxyl groups is 1. The van der Waals surface area contributed by atoms with E-state index in [1.165, 1.54) is 16.9 Å². The van der Waals surface area contributed by atoms with Crippen LogP contribution in [0.25, 0.3) is 0 Å². The standard InChI is InChI=1S/C22H32FN3O4.C14H19NO3.C8H17FN2O2.C8H14O4/c1-15(2)17(12-20(28)24-14-16-8-6-5-7-9-16)22(30)25-18(19(27)13-23)10-11-21(29)26(3)4;1-10(2)12(14(17)18)8-13(16)15-9-11-6-4-3-5-7-11;1-11(2)8(13)4-3-6(10)7(12)5-9;1-5(2)6(4-7(9)10)8(11)12-3/h5-9,15,17-18H,10-14H2,1-4H3,(H,24,28)(H,25,30);3-7,10,12H,8-9H2,1-2H3,(H,15,16)(H,17,18);6-7,12H,3-5,10H2,1-2H3;5-6H,4H2,1-3H3,(H,9,10)/t17-,18?;12-;;6-/m00.0/s1. The van der Waals surface area contributed by atoms with Crippen LogP contribution in [0.2, 0.25) is 0 Å². The minimum atomic E-state index is -1.23. The van der Waals surface area contributed by atoms with Crippen molar-refractivity contribution in [1.29, 1.82) is 0 Å². The third-order valence-corrected chi connectivity index (χ3v) is 11.3. The van der Waals surface area contributed by atoms with E-state index in [1.54, 1.807) is 55.9 Å². The third kappa shape index (κ3) is 31.7. The maximum Gasteiger partial charge on any atom is 0.309 e. The first-order valence-electron chi connectivity index (χ1n) is 24.1. The van der Waals surface area contributed by atoms with Crippen LogP contribution in [0, 0.1) is 35.5 Å². The summed E-state index contributed by atoms with van der Waals surface area (Å²) in [7, 11) is 7.70. The van der Waals surface area contributed by atoms with Crippen molar-refractivity contribution in [2.75, 3.05) is 48.6 Å². The topological polar surface area (TPSA) is 292 Å². The molecule has 0 radical (unpaired) electrons. The summed E-state index contributed by atoms with van der Waals surface area (Å²) in [5.74, 6) is -6.49. The fraction of sp³-hybridized carbons (Fsp3) is 0.596. The highest BCUT2D eigenvalue weighted by Gasteiger charge is 2.30. The second kappa shape index (κ2) is 38.3. The van der Waals surface area contributed by atoms with Crippen molar-refractivity contribution in [3.63, 3.8) is 0 Å². The molecule has 2 aromatic rings. The number of halogens is 2. The van der Waals surface area contributed by atoms with Crippen LogP contribution >= 0.6 is 0 Å². The van der Waals surface area contributed by atoms with Crippen molar-refractivity contribution in [1.82, 2.24) is 25.8 Å². The third-order valence-electron chi connectivity index (χ3n) is 11.3. The van der Waals surface area contributed by atoms with Gasteiger partial charge in [-0.3, -0.25) is 43.2 Å². The molecular formula is C52H82F2N6O13. The van der Waals surface area contributed by atoms with Crippen LogP contribution in [0.5, 0.6) is 0 Å². The largest absolute Gasteiger partial charge is 0.481 e. The number of benzene rings is 2. The number of ether oxygens (including phenoxy) is 1. The number of aliphatic carboxylic acids is 2. The van der Waals surface area contributed by atoms with E-state index < -0.39 is 78.9 Å². The van der Waals surface area contributed by atoms with Gasteiger partial charge in [0.15, 0.2) is 5.78 Å². The summed E-state index contributed by atoms with van der Waals surface area (Å²) >= 11 is 0. The van der Waals surface area contributed by atoms with Gasteiger partial charge in [-0.2, -0.15) is 0 Å². The quantitative estimate of drug-likeness (QED) is 0.0614. The molecule has 0 aliphatic heterocycles. The van der Waals surface area contributed by atoms with E-state index in [1.807, 2.05) is 74.5 Å². The normalized spacial score (nSPS) is 13.0. The highest BCUT2D eigenvalue weighted by atomic mass is 19.1. The molecule has 19 nitrogen and oxygen atoms in total. The molecule has 0 saturated heterocycles. The number of Topliss-reactive ketones (excluding diaryl/α,β-unsaturated/α-hetero) is 1. The Morgan fingerprint density at radius 1 is 0.630 bits per heavy atom. The van der Waals surface area contributed by atoms with Gasteiger partial charge >= 0.3 is 17.9 Å². The number of methoxy groups -OCH3 is 1. The molecule has 8 N–H and O–H groups in total. The Morgan fingerprint density at radius 3 is 1.38 bits per heavy atom. The Labute approximate surface area is 429 Å². The summed E-state index contributed by atoms with van der Waals surface area (Å²) in [5, 5.41) is 34.5. The number of rotatable bonds is 27. The van der Waals surface area contributed by atoms with E-state index in [2.05, 4.69) is 20.7 Å². The van der Waals surface area contributed by atoms with Gasteiger partial charge in [0.2, 0.25) is 29.5 Å². The zero-order chi connectivity index (χ0) is 56.4. The van der Waals surface area contributed by atoms with Gasteiger partial charge in [-0.1, -0.05) is 102 Å². The Hall–Kier alpha value is -6.35. The molecule has 5 amide bonds. The molecule has 0 heterocycles. The molecule has 21 heteroatoms. The second-order valence-electron chi connectivity index (χ2n) is 18.6. The number of carbonyl (C=O) groups excluding carboxylic acids is 7. The molecule has 6 atom stereocenters.